The Kier molecular flexibility index (Phi) is 9.92. The molecule has 0 N–H and O–H groups in total. The molecule has 0 aliphatic carbocycles. The van der Waals surface area contributed by atoms with Gasteiger partial charge < -0.3 is 0 Å². The first-order chi connectivity index (χ1) is 5.09. The van der Waals surface area contributed by atoms with Crippen LogP contribution in [0.4, 0.5) is 0 Å². The van der Waals surface area contributed by atoms with Crippen LogP contribution in [0.1, 0.15) is 48.5 Å². The summed E-state index contributed by atoms with van der Waals surface area (Å²) in [7, 11) is 0. The Labute approximate surface area is 72.8 Å². The molecule has 0 unspecified atom stereocenters. The van der Waals surface area contributed by atoms with Gasteiger partial charge in [0.15, 0.2) is 0 Å². The Morgan fingerprint density at radius 3 is 1.18 bits per heavy atom. The first-order valence-corrected chi connectivity index (χ1v) is 4.85. The summed E-state index contributed by atoms with van der Waals surface area (Å²) in [5.74, 6) is 0. The molecule has 0 atom stereocenters. The third-order valence-electron chi connectivity index (χ3n) is 1.69. The van der Waals surface area contributed by atoms with E-state index in [1.54, 1.807) is 0 Å². The minimum atomic E-state index is 0.690. The molecule has 0 aliphatic rings. The Morgan fingerprint density at radius 1 is 0.909 bits per heavy atom. The fourth-order valence-electron chi connectivity index (χ4n) is 1.33. The third-order valence-corrected chi connectivity index (χ3v) is 1.69. The first-order valence-electron chi connectivity index (χ1n) is 4.85. The third kappa shape index (κ3) is 6.36. The molecule has 0 aromatic rings. The topological polar surface area (TPSA) is 3.24 Å². The molecule has 70 valence electrons. The zero-order chi connectivity index (χ0) is 9.44. The molecule has 0 rings (SSSR count). The summed E-state index contributed by atoms with van der Waals surface area (Å²) >= 11 is 0. The van der Waals surface area contributed by atoms with Crippen LogP contribution in [0, 0.1) is 0 Å². The molecule has 0 aliphatic heterocycles. The van der Waals surface area contributed by atoms with Crippen LogP contribution in [0.25, 0.3) is 0 Å². The Morgan fingerprint density at radius 2 is 1.18 bits per heavy atom. The summed E-state index contributed by atoms with van der Waals surface area (Å²) in [5, 5.41) is 0. The van der Waals surface area contributed by atoms with Gasteiger partial charge in [-0.05, 0) is 34.2 Å². The average molecular weight is 159 g/mol. The highest BCUT2D eigenvalue weighted by atomic mass is 15.2. The van der Waals surface area contributed by atoms with Crippen LogP contribution in [0.15, 0.2) is 0 Å². The monoisotopic (exact) mass is 159 g/mol. The van der Waals surface area contributed by atoms with Crippen LogP contribution < -0.4 is 0 Å². The van der Waals surface area contributed by atoms with Gasteiger partial charge in [0, 0.05) is 12.1 Å². The molecule has 0 aromatic heterocycles. The highest BCUT2D eigenvalue weighted by Crippen LogP contribution is 2.02. The van der Waals surface area contributed by atoms with Crippen molar-refractivity contribution >= 4 is 0 Å². The maximum atomic E-state index is 2.46. The molecule has 0 amide bonds. The molecular formula is C10H25N. The van der Waals surface area contributed by atoms with Crippen molar-refractivity contribution in [2.75, 3.05) is 6.54 Å². The molecular weight excluding hydrogens is 134 g/mol. The van der Waals surface area contributed by atoms with Crippen molar-refractivity contribution in [2.24, 2.45) is 0 Å². The van der Waals surface area contributed by atoms with Gasteiger partial charge in [0.25, 0.3) is 0 Å². The lowest BCUT2D eigenvalue weighted by Gasteiger charge is -2.28. The van der Waals surface area contributed by atoms with Crippen LogP contribution in [0.5, 0.6) is 0 Å². The predicted octanol–water partition coefficient (Wildman–Crippen LogP) is 3.15. The minimum Gasteiger partial charge on any atom is -0.299 e. The van der Waals surface area contributed by atoms with Crippen LogP contribution in [-0.2, 0) is 0 Å². The second-order valence-electron chi connectivity index (χ2n) is 3.02. The van der Waals surface area contributed by atoms with Crippen molar-refractivity contribution in [2.45, 2.75) is 60.5 Å². The van der Waals surface area contributed by atoms with E-state index in [0.717, 1.165) is 6.54 Å². The lowest BCUT2D eigenvalue weighted by Crippen LogP contribution is -2.36. The summed E-state index contributed by atoms with van der Waals surface area (Å²) < 4.78 is 0. The van der Waals surface area contributed by atoms with E-state index in [4.69, 9.17) is 0 Å². The molecule has 0 saturated heterocycles. The second-order valence-corrected chi connectivity index (χ2v) is 3.02. The van der Waals surface area contributed by atoms with Gasteiger partial charge in [0.1, 0.15) is 0 Å². The standard InChI is InChI=1S/C8H19N.C2H6/c1-6-9(7(2)3)8(4)5;1-2/h7-8H,6H2,1-5H3;1-2H3. The van der Waals surface area contributed by atoms with E-state index in [1.807, 2.05) is 13.8 Å². The average Bonchev–Trinajstić information content (AvgIpc) is 1.91. The Balaban J connectivity index is 0. The van der Waals surface area contributed by atoms with Gasteiger partial charge in [-0.3, -0.25) is 4.90 Å². The minimum absolute atomic E-state index is 0.690. The first kappa shape index (κ1) is 13.5. The zero-order valence-electron chi connectivity index (χ0n) is 9.31. The van der Waals surface area contributed by atoms with Gasteiger partial charge in [0.05, 0.1) is 0 Å². The Hall–Kier alpha value is -0.0400. The summed E-state index contributed by atoms with van der Waals surface area (Å²) in [4.78, 5) is 2.46. The molecule has 0 spiro atoms. The van der Waals surface area contributed by atoms with E-state index in [1.165, 1.54) is 0 Å². The smallest absolute Gasteiger partial charge is 0.00411 e. The number of hydrogen-bond donors (Lipinski definition) is 0. The fourth-order valence-corrected chi connectivity index (χ4v) is 1.33. The highest BCUT2D eigenvalue weighted by Gasteiger charge is 2.08. The van der Waals surface area contributed by atoms with E-state index in [2.05, 4.69) is 39.5 Å². The predicted molar refractivity (Wildman–Crippen MR) is 54.0 cm³/mol. The number of hydrogen-bond acceptors (Lipinski definition) is 1. The lowest BCUT2D eigenvalue weighted by atomic mass is 10.2. The van der Waals surface area contributed by atoms with E-state index >= 15 is 0 Å². The molecule has 11 heavy (non-hydrogen) atoms. The van der Waals surface area contributed by atoms with Gasteiger partial charge in [0.2, 0.25) is 0 Å². The molecule has 0 bridgehead atoms. The SMILES string of the molecule is CC.CCN(C(C)C)C(C)C. The molecule has 0 radical (unpaired) electrons. The van der Waals surface area contributed by atoms with Crippen molar-refractivity contribution < 1.29 is 0 Å². The second kappa shape index (κ2) is 8.06. The number of rotatable bonds is 3. The van der Waals surface area contributed by atoms with E-state index in [-0.39, 0.29) is 0 Å². The van der Waals surface area contributed by atoms with Crippen LogP contribution in [-0.4, -0.2) is 23.5 Å². The van der Waals surface area contributed by atoms with Crippen LogP contribution >= 0.6 is 0 Å². The van der Waals surface area contributed by atoms with Gasteiger partial charge in [-0.1, -0.05) is 20.8 Å². The molecule has 0 heterocycles. The van der Waals surface area contributed by atoms with Gasteiger partial charge in [-0.2, -0.15) is 0 Å². The molecule has 0 saturated carbocycles. The summed E-state index contributed by atoms with van der Waals surface area (Å²) in [6.07, 6.45) is 0. The normalized spacial score (nSPS) is 10.4. The van der Waals surface area contributed by atoms with Crippen LogP contribution in [0.2, 0.25) is 0 Å². The van der Waals surface area contributed by atoms with Crippen molar-refractivity contribution in [1.82, 2.24) is 4.90 Å². The molecule has 0 aromatic carbocycles. The summed E-state index contributed by atoms with van der Waals surface area (Å²) in [6, 6.07) is 1.38. The van der Waals surface area contributed by atoms with Gasteiger partial charge in [-0.15, -0.1) is 0 Å². The lowest BCUT2D eigenvalue weighted by molar-refractivity contribution is 0.185. The van der Waals surface area contributed by atoms with Crippen molar-refractivity contribution in [1.29, 1.82) is 0 Å². The van der Waals surface area contributed by atoms with Gasteiger partial charge >= 0.3 is 0 Å². The van der Waals surface area contributed by atoms with Crippen LogP contribution in [0.3, 0.4) is 0 Å². The maximum Gasteiger partial charge on any atom is 0.00411 e. The van der Waals surface area contributed by atoms with E-state index in [9.17, 15) is 0 Å². The number of nitrogens with zero attached hydrogens (tertiary/aromatic N) is 1. The zero-order valence-corrected chi connectivity index (χ0v) is 9.31. The maximum absolute atomic E-state index is 2.46. The molecule has 1 nitrogen and oxygen atoms in total. The summed E-state index contributed by atoms with van der Waals surface area (Å²) in [6.45, 7) is 16.3. The molecule has 1 heteroatoms. The van der Waals surface area contributed by atoms with E-state index < -0.39 is 0 Å². The quantitative estimate of drug-likeness (QED) is 0.611. The van der Waals surface area contributed by atoms with E-state index in [0.29, 0.717) is 12.1 Å². The van der Waals surface area contributed by atoms with Crippen molar-refractivity contribution in [3.05, 3.63) is 0 Å². The largest absolute Gasteiger partial charge is 0.299 e. The molecule has 0 fully saturated rings. The fraction of sp³-hybridized carbons (Fsp3) is 1.00. The summed E-state index contributed by atoms with van der Waals surface area (Å²) in [5.41, 5.74) is 0. The van der Waals surface area contributed by atoms with Gasteiger partial charge in [-0.25, -0.2) is 0 Å². The van der Waals surface area contributed by atoms with Crippen molar-refractivity contribution in [3.8, 4) is 0 Å². The Bertz CT molecular complexity index is 59.3. The highest BCUT2D eigenvalue weighted by molar-refractivity contribution is 4.64. The van der Waals surface area contributed by atoms with Crippen molar-refractivity contribution in [3.63, 3.8) is 0 Å².